The Bertz CT molecular complexity index is 1110. The van der Waals surface area contributed by atoms with Gasteiger partial charge in [-0.05, 0) is 76.8 Å². The summed E-state index contributed by atoms with van der Waals surface area (Å²) in [5, 5.41) is 13.5. The van der Waals surface area contributed by atoms with E-state index >= 15 is 0 Å². The molecule has 1 aliphatic carbocycles. The number of hydrogen-bond acceptors (Lipinski definition) is 4. The number of aliphatic hydroxyl groups excluding tert-OH is 1. The van der Waals surface area contributed by atoms with E-state index in [9.17, 15) is 9.90 Å². The predicted molar refractivity (Wildman–Crippen MR) is 134 cm³/mol. The van der Waals surface area contributed by atoms with Crippen LogP contribution in [-0.4, -0.2) is 47.5 Å². The number of esters is 1. The Morgan fingerprint density at radius 1 is 1.12 bits per heavy atom. The average Bonchev–Trinajstić information content (AvgIpc) is 3.14. The fourth-order valence-electron chi connectivity index (χ4n) is 4.95. The van der Waals surface area contributed by atoms with Crippen LogP contribution in [-0.2, 0) is 4.74 Å². The zero-order valence-corrected chi connectivity index (χ0v) is 20.5. The van der Waals surface area contributed by atoms with Crippen molar-refractivity contribution in [3.05, 3.63) is 59.3 Å². The fourth-order valence-corrected chi connectivity index (χ4v) is 4.95. The number of carbonyl (C=O) groups excluding carboxylic acids is 1. The van der Waals surface area contributed by atoms with Crippen LogP contribution >= 0.6 is 0 Å². The number of aliphatic hydroxyl groups is 1. The monoisotopic (exact) mass is 465 g/mol. The lowest BCUT2D eigenvalue weighted by Crippen LogP contribution is -2.92. The summed E-state index contributed by atoms with van der Waals surface area (Å²) in [6.07, 6.45) is 5.84. The number of rotatable bonds is 9. The lowest BCUT2D eigenvalue weighted by Gasteiger charge is -2.21. The Morgan fingerprint density at radius 2 is 1.85 bits per heavy atom. The van der Waals surface area contributed by atoms with Crippen LogP contribution in [0.4, 0.5) is 0 Å². The van der Waals surface area contributed by atoms with Crippen molar-refractivity contribution in [3.63, 3.8) is 0 Å². The number of ether oxygens (including phenoxy) is 2. The maximum Gasteiger partial charge on any atom is 0.340 e. The standard InChI is InChI=1S/C28H36N2O4/c1-4-33-28(32)27-20(3)30(22-12-10-19(2)11-13-22)26-15-14-24(16-25(26)27)34-18-23(31)17-29-21-8-6-5-7-9-21/h10-16,21,23,29,31H,4-9,17-18H2,1-3H3/p+1. The highest BCUT2D eigenvalue weighted by Gasteiger charge is 2.23. The third-order valence-corrected chi connectivity index (χ3v) is 6.78. The van der Waals surface area contributed by atoms with E-state index in [1.807, 2.05) is 32.0 Å². The highest BCUT2D eigenvalue weighted by molar-refractivity contribution is 6.07. The number of benzene rings is 2. The zero-order valence-electron chi connectivity index (χ0n) is 20.5. The van der Waals surface area contributed by atoms with Crippen LogP contribution in [0.5, 0.6) is 5.75 Å². The van der Waals surface area contributed by atoms with E-state index in [1.54, 1.807) is 0 Å². The van der Waals surface area contributed by atoms with E-state index in [2.05, 4.69) is 41.1 Å². The summed E-state index contributed by atoms with van der Waals surface area (Å²) >= 11 is 0. The van der Waals surface area contributed by atoms with Crippen LogP contribution < -0.4 is 10.1 Å². The topological polar surface area (TPSA) is 77.3 Å². The van der Waals surface area contributed by atoms with Crippen LogP contribution in [0.3, 0.4) is 0 Å². The first-order valence-corrected chi connectivity index (χ1v) is 12.5. The molecule has 1 saturated carbocycles. The van der Waals surface area contributed by atoms with Gasteiger partial charge in [0.2, 0.25) is 0 Å². The normalized spacial score (nSPS) is 15.4. The Kier molecular flexibility index (Phi) is 7.91. The molecule has 0 spiro atoms. The van der Waals surface area contributed by atoms with E-state index < -0.39 is 6.10 Å². The Hall–Kier alpha value is -2.83. The molecular weight excluding hydrogens is 428 g/mol. The Morgan fingerprint density at radius 3 is 2.56 bits per heavy atom. The molecule has 1 unspecified atom stereocenters. The first-order valence-electron chi connectivity index (χ1n) is 12.5. The van der Waals surface area contributed by atoms with Crippen LogP contribution in [0.25, 0.3) is 16.6 Å². The van der Waals surface area contributed by atoms with Gasteiger partial charge in [0, 0.05) is 16.8 Å². The molecule has 6 heteroatoms. The van der Waals surface area contributed by atoms with Crippen LogP contribution in [0, 0.1) is 13.8 Å². The molecule has 0 radical (unpaired) electrons. The second-order valence-corrected chi connectivity index (χ2v) is 9.37. The second kappa shape index (κ2) is 11.1. The van der Waals surface area contributed by atoms with Crippen LogP contribution in [0.15, 0.2) is 42.5 Å². The largest absolute Gasteiger partial charge is 0.491 e. The smallest absolute Gasteiger partial charge is 0.340 e. The first kappa shape index (κ1) is 24.3. The minimum absolute atomic E-state index is 0.223. The van der Waals surface area contributed by atoms with E-state index in [-0.39, 0.29) is 12.6 Å². The minimum Gasteiger partial charge on any atom is -0.491 e. The quantitative estimate of drug-likeness (QED) is 0.467. The van der Waals surface area contributed by atoms with Crippen molar-refractivity contribution in [2.75, 3.05) is 19.8 Å². The van der Waals surface area contributed by atoms with E-state index in [0.29, 0.717) is 30.5 Å². The van der Waals surface area contributed by atoms with Gasteiger partial charge in [-0.2, -0.15) is 0 Å². The molecule has 0 saturated heterocycles. The van der Waals surface area contributed by atoms with E-state index in [4.69, 9.17) is 9.47 Å². The number of fused-ring (bicyclic) bond motifs is 1. The van der Waals surface area contributed by atoms with Crippen molar-refractivity contribution in [1.82, 2.24) is 4.57 Å². The number of carbonyl (C=O) groups is 1. The molecule has 1 aliphatic rings. The lowest BCUT2D eigenvalue weighted by molar-refractivity contribution is -0.697. The molecule has 1 fully saturated rings. The van der Waals surface area contributed by atoms with E-state index in [0.717, 1.165) is 22.3 Å². The maximum absolute atomic E-state index is 12.9. The van der Waals surface area contributed by atoms with E-state index in [1.165, 1.54) is 37.7 Å². The Labute approximate surface area is 201 Å². The second-order valence-electron chi connectivity index (χ2n) is 9.37. The molecule has 34 heavy (non-hydrogen) atoms. The molecule has 0 bridgehead atoms. The predicted octanol–water partition coefficient (Wildman–Crippen LogP) is 4.06. The molecule has 4 rings (SSSR count). The highest BCUT2D eigenvalue weighted by atomic mass is 16.5. The van der Waals surface area contributed by atoms with Crippen molar-refractivity contribution in [3.8, 4) is 11.4 Å². The molecule has 0 aliphatic heterocycles. The number of nitrogens with two attached hydrogens (primary N) is 1. The average molecular weight is 466 g/mol. The molecule has 3 N–H and O–H groups in total. The van der Waals surface area contributed by atoms with Gasteiger partial charge in [-0.15, -0.1) is 0 Å². The molecule has 0 amide bonds. The van der Waals surface area contributed by atoms with Gasteiger partial charge >= 0.3 is 5.97 Å². The summed E-state index contributed by atoms with van der Waals surface area (Å²) in [5.74, 6) is 0.297. The lowest BCUT2D eigenvalue weighted by atomic mass is 9.95. The number of hydrogen-bond donors (Lipinski definition) is 2. The third kappa shape index (κ3) is 5.45. The van der Waals surface area contributed by atoms with Crippen molar-refractivity contribution in [2.45, 2.75) is 65.0 Å². The molecular formula is C28H37N2O4+. The zero-order chi connectivity index (χ0) is 24.1. The molecule has 2 aromatic carbocycles. The summed E-state index contributed by atoms with van der Waals surface area (Å²) in [6.45, 7) is 6.99. The van der Waals surface area contributed by atoms with Crippen molar-refractivity contribution >= 4 is 16.9 Å². The first-order chi connectivity index (χ1) is 16.5. The highest BCUT2D eigenvalue weighted by Crippen LogP contribution is 2.32. The summed E-state index contributed by atoms with van der Waals surface area (Å²) in [6, 6.07) is 14.6. The summed E-state index contributed by atoms with van der Waals surface area (Å²) in [4.78, 5) is 12.9. The van der Waals surface area contributed by atoms with Gasteiger partial charge in [-0.3, -0.25) is 0 Å². The van der Waals surface area contributed by atoms with Gasteiger partial charge in [0.15, 0.2) is 0 Å². The van der Waals surface area contributed by atoms with Crippen molar-refractivity contribution in [2.24, 2.45) is 0 Å². The number of nitrogens with zero attached hydrogens (tertiary/aromatic N) is 1. The van der Waals surface area contributed by atoms with Crippen LogP contribution in [0.1, 0.15) is 60.6 Å². The number of quaternary nitrogens is 1. The van der Waals surface area contributed by atoms with Crippen molar-refractivity contribution in [1.29, 1.82) is 0 Å². The van der Waals surface area contributed by atoms with Crippen LogP contribution in [0.2, 0.25) is 0 Å². The minimum atomic E-state index is -0.541. The maximum atomic E-state index is 12.9. The van der Waals surface area contributed by atoms with Gasteiger partial charge in [-0.1, -0.05) is 24.1 Å². The molecule has 1 aromatic heterocycles. The van der Waals surface area contributed by atoms with Crippen molar-refractivity contribution < 1.29 is 24.7 Å². The number of aryl methyl sites for hydroxylation is 1. The fraction of sp³-hybridized carbons (Fsp3) is 0.464. The van der Waals surface area contributed by atoms with Gasteiger partial charge in [0.1, 0.15) is 25.0 Å². The summed E-state index contributed by atoms with van der Waals surface area (Å²) in [5.41, 5.74) is 4.47. The summed E-state index contributed by atoms with van der Waals surface area (Å²) < 4.78 is 13.4. The van der Waals surface area contributed by atoms with Gasteiger partial charge in [-0.25, -0.2) is 4.79 Å². The molecule has 1 atom stereocenters. The SMILES string of the molecule is CCOC(=O)c1c(C)n(-c2ccc(C)cc2)c2ccc(OCC(O)C[NH2+]C3CCCCC3)cc12. The molecule has 182 valence electrons. The molecule has 1 heterocycles. The molecule has 3 aromatic rings. The molecule has 6 nitrogen and oxygen atoms in total. The third-order valence-electron chi connectivity index (χ3n) is 6.78. The number of aromatic nitrogens is 1. The van der Waals surface area contributed by atoms with Gasteiger partial charge in [0.25, 0.3) is 0 Å². The Balaban J connectivity index is 1.55. The summed E-state index contributed by atoms with van der Waals surface area (Å²) in [7, 11) is 0. The van der Waals surface area contributed by atoms with Gasteiger partial charge < -0.3 is 24.5 Å². The van der Waals surface area contributed by atoms with Gasteiger partial charge in [0.05, 0.1) is 23.7 Å².